The third-order valence-electron chi connectivity index (χ3n) is 4.01. The van der Waals surface area contributed by atoms with Crippen molar-refractivity contribution in [1.82, 2.24) is 10.6 Å². The van der Waals surface area contributed by atoms with Gasteiger partial charge in [-0.3, -0.25) is 14.4 Å². The number of carbonyl (C=O) groups excluding carboxylic acids is 3. The minimum atomic E-state index is -0.255. The zero-order valence-corrected chi connectivity index (χ0v) is 13.8. The van der Waals surface area contributed by atoms with Gasteiger partial charge in [0.25, 0.3) is 5.91 Å². The number of ketones is 1. The normalized spacial score (nSPS) is 19.6. The van der Waals surface area contributed by atoms with Crippen LogP contribution in [0.1, 0.15) is 59.2 Å². The molecule has 1 aromatic rings. The van der Waals surface area contributed by atoms with Crippen LogP contribution in [0.5, 0.6) is 0 Å². The van der Waals surface area contributed by atoms with Gasteiger partial charge in [-0.25, -0.2) is 0 Å². The van der Waals surface area contributed by atoms with E-state index in [1.165, 1.54) is 12.2 Å². The largest absolute Gasteiger partial charge is 0.353 e. The Kier molecular flexibility index (Phi) is 7.21. The number of allylic oxidation sites excluding steroid dienone is 1. The Bertz CT molecular complexity index is 606. The number of nitrogens with one attached hydrogen (secondary N) is 2. The van der Waals surface area contributed by atoms with Crippen molar-refractivity contribution >= 4 is 17.6 Å². The second-order valence-electron chi connectivity index (χ2n) is 5.94. The van der Waals surface area contributed by atoms with E-state index < -0.39 is 0 Å². The molecule has 1 aromatic carbocycles. The van der Waals surface area contributed by atoms with E-state index in [2.05, 4.69) is 10.6 Å². The molecule has 2 amide bonds. The van der Waals surface area contributed by atoms with Crippen LogP contribution in [0.2, 0.25) is 0 Å². The van der Waals surface area contributed by atoms with Crippen molar-refractivity contribution in [2.75, 3.05) is 13.1 Å². The van der Waals surface area contributed by atoms with Gasteiger partial charge in [-0.1, -0.05) is 37.8 Å². The maximum atomic E-state index is 12.0. The lowest BCUT2D eigenvalue weighted by atomic mass is 10.1. The quantitative estimate of drug-likeness (QED) is 0.769. The SMILES string of the molecule is O=C1/C=C/C(=O)c2ccc(cc2)C(=O)NCCCCCCCCN1. The van der Waals surface area contributed by atoms with Crippen LogP contribution in [-0.2, 0) is 4.79 Å². The van der Waals surface area contributed by atoms with E-state index in [1.54, 1.807) is 24.3 Å². The van der Waals surface area contributed by atoms with Crippen molar-refractivity contribution in [3.05, 3.63) is 47.5 Å². The first kappa shape index (κ1) is 17.9. The summed E-state index contributed by atoms with van der Waals surface area (Å²) in [7, 11) is 0. The number of fused-ring (bicyclic) bond motifs is 15. The monoisotopic (exact) mass is 328 g/mol. The molecular weight excluding hydrogens is 304 g/mol. The second-order valence-corrected chi connectivity index (χ2v) is 5.94. The summed E-state index contributed by atoms with van der Waals surface area (Å²) in [5.74, 6) is -0.630. The highest BCUT2D eigenvalue weighted by Crippen LogP contribution is 2.08. The standard InChI is InChI=1S/C19H24N2O3/c22-17-11-12-18(23)20-13-5-3-1-2-4-6-14-21-19(24)16-9-7-15(17)8-10-16/h7-12H,1-6,13-14H2,(H,20,23)(H,21,24)/b12-11+. The lowest BCUT2D eigenvalue weighted by molar-refractivity contribution is -0.116. The molecule has 0 saturated heterocycles. The van der Waals surface area contributed by atoms with Crippen LogP contribution in [-0.4, -0.2) is 30.7 Å². The molecule has 2 bridgehead atoms. The van der Waals surface area contributed by atoms with Gasteiger partial charge in [0, 0.05) is 30.3 Å². The smallest absolute Gasteiger partial charge is 0.251 e. The molecule has 128 valence electrons. The molecule has 3 rings (SSSR count). The molecule has 0 saturated carbocycles. The van der Waals surface area contributed by atoms with Crippen molar-refractivity contribution in [2.24, 2.45) is 0 Å². The Morgan fingerprint density at radius 3 is 1.83 bits per heavy atom. The Morgan fingerprint density at radius 2 is 1.17 bits per heavy atom. The molecule has 24 heavy (non-hydrogen) atoms. The molecule has 2 aliphatic heterocycles. The zero-order valence-electron chi connectivity index (χ0n) is 13.8. The Hall–Kier alpha value is -2.43. The van der Waals surface area contributed by atoms with Crippen LogP contribution < -0.4 is 10.6 Å². The van der Waals surface area contributed by atoms with Gasteiger partial charge < -0.3 is 10.6 Å². The number of rotatable bonds is 0. The Labute approximate surface area is 142 Å². The lowest BCUT2D eigenvalue weighted by Crippen LogP contribution is -2.24. The summed E-state index contributed by atoms with van der Waals surface area (Å²) in [6.07, 6.45) is 8.83. The first-order valence-corrected chi connectivity index (χ1v) is 8.55. The summed E-state index contributed by atoms with van der Waals surface area (Å²) in [4.78, 5) is 35.7. The van der Waals surface area contributed by atoms with Crippen molar-refractivity contribution in [1.29, 1.82) is 0 Å². The third-order valence-corrected chi connectivity index (χ3v) is 4.01. The molecule has 0 radical (unpaired) electrons. The highest BCUT2D eigenvalue weighted by molar-refractivity contribution is 6.08. The molecule has 0 fully saturated rings. The summed E-state index contributed by atoms with van der Waals surface area (Å²) < 4.78 is 0. The molecule has 0 aromatic heterocycles. The van der Waals surface area contributed by atoms with Gasteiger partial charge in [-0.15, -0.1) is 0 Å². The van der Waals surface area contributed by atoms with Crippen LogP contribution in [0.3, 0.4) is 0 Å². The third kappa shape index (κ3) is 5.99. The zero-order chi connectivity index (χ0) is 17.2. The van der Waals surface area contributed by atoms with Crippen LogP contribution in [0.25, 0.3) is 0 Å². The molecule has 0 unspecified atom stereocenters. The number of hydrogen-bond acceptors (Lipinski definition) is 3. The molecule has 0 aliphatic carbocycles. The Morgan fingerprint density at radius 1 is 0.625 bits per heavy atom. The van der Waals surface area contributed by atoms with E-state index in [4.69, 9.17) is 0 Å². The van der Waals surface area contributed by atoms with Crippen LogP contribution in [0.4, 0.5) is 0 Å². The van der Waals surface area contributed by atoms with Crippen molar-refractivity contribution in [3.63, 3.8) is 0 Å². The van der Waals surface area contributed by atoms with Gasteiger partial charge >= 0.3 is 0 Å². The van der Waals surface area contributed by atoms with Crippen LogP contribution in [0.15, 0.2) is 36.4 Å². The summed E-state index contributed by atoms with van der Waals surface area (Å²) in [5, 5.41) is 5.68. The molecule has 2 heterocycles. The van der Waals surface area contributed by atoms with E-state index in [0.717, 1.165) is 38.5 Å². The van der Waals surface area contributed by atoms with Crippen LogP contribution in [0, 0.1) is 0 Å². The fourth-order valence-corrected chi connectivity index (χ4v) is 2.57. The van der Waals surface area contributed by atoms with Gasteiger partial charge in [0.1, 0.15) is 0 Å². The van der Waals surface area contributed by atoms with Crippen molar-refractivity contribution in [3.8, 4) is 0 Å². The maximum Gasteiger partial charge on any atom is 0.251 e. The topological polar surface area (TPSA) is 75.3 Å². The predicted octanol–water partition coefficient (Wildman–Crippen LogP) is 2.63. The molecule has 5 nitrogen and oxygen atoms in total. The average molecular weight is 328 g/mol. The summed E-state index contributed by atoms with van der Waals surface area (Å²) >= 11 is 0. The summed E-state index contributed by atoms with van der Waals surface area (Å²) in [5.41, 5.74) is 0.986. The molecule has 0 atom stereocenters. The highest BCUT2D eigenvalue weighted by atomic mass is 16.2. The first-order chi connectivity index (χ1) is 11.7. The fourth-order valence-electron chi connectivity index (χ4n) is 2.57. The van der Waals surface area contributed by atoms with Crippen molar-refractivity contribution < 1.29 is 14.4 Å². The van der Waals surface area contributed by atoms with Gasteiger partial charge in [-0.05, 0) is 31.1 Å². The first-order valence-electron chi connectivity index (χ1n) is 8.55. The molecule has 2 aliphatic rings. The Balaban J connectivity index is 2.04. The van der Waals surface area contributed by atoms with Gasteiger partial charge in [0.2, 0.25) is 5.91 Å². The van der Waals surface area contributed by atoms with Gasteiger partial charge in [0.05, 0.1) is 0 Å². The molecular formula is C19H24N2O3. The number of hydrogen-bond donors (Lipinski definition) is 2. The molecule has 0 spiro atoms. The summed E-state index contributed by atoms with van der Waals surface area (Å²) in [6, 6.07) is 6.47. The van der Waals surface area contributed by atoms with Crippen LogP contribution >= 0.6 is 0 Å². The van der Waals surface area contributed by atoms with Gasteiger partial charge in [-0.2, -0.15) is 0 Å². The number of carbonyl (C=O) groups is 3. The average Bonchev–Trinajstić information content (AvgIpc) is 2.60. The fraction of sp³-hybridized carbons (Fsp3) is 0.421. The van der Waals surface area contributed by atoms with E-state index in [0.29, 0.717) is 24.2 Å². The van der Waals surface area contributed by atoms with E-state index in [-0.39, 0.29) is 17.6 Å². The lowest BCUT2D eigenvalue weighted by Gasteiger charge is -2.06. The summed E-state index contributed by atoms with van der Waals surface area (Å²) in [6.45, 7) is 1.29. The van der Waals surface area contributed by atoms with Crippen molar-refractivity contribution in [2.45, 2.75) is 38.5 Å². The van der Waals surface area contributed by atoms with E-state index >= 15 is 0 Å². The molecule has 2 N–H and O–H groups in total. The predicted molar refractivity (Wildman–Crippen MR) is 93.0 cm³/mol. The molecule has 5 heteroatoms. The number of amides is 2. The van der Waals surface area contributed by atoms with E-state index in [1.807, 2.05) is 0 Å². The highest BCUT2D eigenvalue weighted by Gasteiger charge is 2.07. The second kappa shape index (κ2) is 9.65. The minimum absolute atomic E-state index is 0.123. The number of benzene rings is 1. The van der Waals surface area contributed by atoms with E-state index in [9.17, 15) is 14.4 Å². The minimum Gasteiger partial charge on any atom is -0.353 e. The maximum absolute atomic E-state index is 12.0. The van der Waals surface area contributed by atoms with Gasteiger partial charge in [0.15, 0.2) is 5.78 Å².